The Labute approximate surface area is 113 Å². The highest BCUT2D eigenvalue weighted by atomic mass is 79.9. The van der Waals surface area contributed by atoms with Crippen molar-refractivity contribution < 1.29 is 13.9 Å². The van der Waals surface area contributed by atoms with Crippen LogP contribution >= 0.6 is 15.9 Å². The summed E-state index contributed by atoms with van der Waals surface area (Å²) in [7, 11) is 1.55. The molecule has 0 radical (unpaired) electrons. The van der Waals surface area contributed by atoms with Crippen molar-refractivity contribution >= 4 is 15.9 Å². The van der Waals surface area contributed by atoms with E-state index in [1.54, 1.807) is 31.4 Å². The van der Waals surface area contributed by atoms with Gasteiger partial charge >= 0.3 is 0 Å². The first-order valence-corrected chi connectivity index (χ1v) is 6.18. The molecule has 0 aliphatic heterocycles. The molecule has 2 aromatic carbocycles. The molecule has 94 valence electrons. The Bertz CT molecular complexity index is 543. The molecular formula is C14H12BrFO2. The van der Waals surface area contributed by atoms with Crippen LogP contribution in [0.2, 0.25) is 0 Å². The van der Waals surface area contributed by atoms with E-state index < -0.39 is 0 Å². The summed E-state index contributed by atoms with van der Waals surface area (Å²) >= 11 is 3.38. The Hall–Kier alpha value is -1.39. The predicted octanol–water partition coefficient (Wildman–Crippen LogP) is 4.24. The molecule has 4 heteroatoms. The molecule has 0 saturated carbocycles. The van der Waals surface area contributed by atoms with E-state index in [0.717, 1.165) is 10.0 Å². The number of hydrogen-bond donors (Lipinski definition) is 0. The molecule has 2 aromatic rings. The second-order valence-corrected chi connectivity index (χ2v) is 4.53. The van der Waals surface area contributed by atoms with Gasteiger partial charge in [0.25, 0.3) is 0 Å². The molecule has 0 amide bonds. The standard InChI is InChI=1S/C14H12BrFO2/c1-17-9-18-14-8-10(6-7-12(14)15)11-4-2-3-5-13(11)16/h2-8H,9H2,1H3. The number of halogens is 2. The van der Waals surface area contributed by atoms with Gasteiger partial charge in [0, 0.05) is 12.7 Å². The van der Waals surface area contributed by atoms with Crippen LogP contribution < -0.4 is 4.74 Å². The second-order valence-electron chi connectivity index (χ2n) is 3.68. The lowest BCUT2D eigenvalue weighted by molar-refractivity contribution is 0.0506. The van der Waals surface area contributed by atoms with Crippen molar-refractivity contribution in [3.8, 4) is 16.9 Å². The molecule has 0 bridgehead atoms. The van der Waals surface area contributed by atoms with Gasteiger partial charge in [-0.15, -0.1) is 0 Å². The fourth-order valence-electron chi connectivity index (χ4n) is 1.60. The van der Waals surface area contributed by atoms with Crippen LogP contribution in [0.5, 0.6) is 5.75 Å². The minimum atomic E-state index is -0.252. The van der Waals surface area contributed by atoms with Crippen LogP contribution in [0.4, 0.5) is 4.39 Å². The maximum Gasteiger partial charge on any atom is 0.188 e. The van der Waals surface area contributed by atoms with E-state index in [1.165, 1.54) is 6.07 Å². The summed E-state index contributed by atoms with van der Waals surface area (Å²) in [6.45, 7) is 0.152. The third-order valence-electron chi connectivity index (χ3n) is 2.45. The van der Waals surface area contributed by atoms with E-state index in [-0.39, 0.29) is 12.6 Å². The van der Waals surface area contributed by atoms with Crippen molar-refractivity contribution in [1.82, 2.24) is 0 Å². The average molecular weight is 311 g/mol. The van der Waals surface area contributed by atoms with Gasteiger partial charge in [0.15, 0.2) is 6.79 Å². The van der Waals surface area contributed by atoms with E-state index in [4.69, 9.17) is 9.47 Å². The molecule has 0 atom stereocenters. The molecule has 0 saturated heterocycles. The Balaban J connectivity index is 2.38. The summed E-state index contributed by atoms with van der Waals surface area (Å²) in [5.41, 5.74) is 1.31. The summed E-state index contributed by atoms with van der Waals surface area (Å²) in [6, 6.07) is 12.1. The smallest absolute Gasteiger partial charge is 0.188 e. The van der Waals surface area contributed by atoms with Crippen LogP contribution in [0.3, 0.4) is 0 Å². The van der Waals surface area contributed by atoms with Crippen molar-refractivity contribution in [2.24, 2.45) is 0 Å². The van der Waals surface area contributed by atoms with Gasteiger partial charge in [-0.3, -0.25) is 0 Å². The normalized spacial score (nSPS) is 10.4. The van der Waals surface area contributed by atoms with Crippen molar-refractivity contribution in [3.05, 3.63) is 52.8 Å². The monoisotopic (exact) mass is 310 g/mol. The van der Waals surface area contributed by atoms with Gasteiger partial charge in [0.2, 0.25) is 0 Å². The first-order valence-electron chi connectivity index (χ1n) is 5.38. The molecule has 0 aromatic heterocycles. The number of rotatable bonds is 4. The van der Waals surface area contributed by atoms with Crippen LogP contribution in [0, 0.1) is 5.82 Å². The molecule has 0 spiro atoms. The predicted molar refractivity (Wildman–Crippen MR) is 72.0 cm³/mol. The lowest BCUT2D eigenvalue weighted by Crippen LogP contribution is -1.99. The van der Waals surface area contributed by atoms with Gasteiger partial charge in [-0.2, -0.15) is 0 Å². The average Bonchev–Trinajstić information content (AvgIpc) is 2.39. The lowest BCUT2D eigenvalue weighted by atomic mass is 10.1. The van der Waals surface area contributed by atoms with Gasteiger partial charge in [0.05, 0.1) is 4.47 Å². The molecule has 2 rings (SSSR count). The Kier molecular flexibility index (Phi) is 4.33. The van der Waals surface area contributed by atoms with Crippen molar-refractivity contribution in [3.63, 3.8) is 0 Å². The van der Waals surface area contributed by atoms with Crippen LogP contribution in [0.1, 0.15) is 0 Å². The lowest BCUT2D eigenvalue weighted by Gasteiger charge is -2.10. The quantitative estimate of drug-likeness (QED) is 0.786. The van der Waals surface area contributed by atoms with Crippen molar-refractivity contribution in [2.75, 3.05) is 13.9 Å². The zero-order valence-electron chi connectivity index (χ0n) is 9.82. The van der Waals surface area contributed by atoms with Crippen LogP contribution in [-0.4, -0.2) is 13.9 Å². The van der Waals surface area contributed by atoms with Gasteiger partial charge in [-0.25, -0.2) is 4.39 Å². The van der Waals surface area contributed by atoms with Crippen LogP contribution in [0.25, 0.3) is 11.1 Å². The Morgan fingerprint density at radius 1 is 1.17 bits per heavy atom. The van der Waals surface area contributed by atoms with Crippen LogP contribution in [0.15, 0.2) is 46.9 Å². The summed E-state index contributed by atoms with van der Waals surface area (Å²) < 4.78 is 24.7. The van der Waals surface area contributed by atoms with E-state index in [0.29, 0.717) is 11.3 Å². The van der Waals surface area contributed by atoms with Gasteiger partial charge in [0.1, 0.15) is 11.6 Å². The zero-order chi connectivity index (χ0) is 13.0. The maximum atomic E-state index is 13.7. The molecule has 0 aliphatic rings. The first-order chi connectivity index (χ1) is 8.72. The number of benzene rings is 2. The van der Waals surface area contributed by atoms with E-state index in [2.05, 4.69) is 15.9 Å². The maximum absolute atomic E-state index is 13.7. The van der Waals surface area contributed by atoms with Crippen molar-refractivity contribution in [2.45, 2.75) is 0 Å². The second kappa shape index (κ2) is 5.98. The molecular weight excluding hydrogens is 299 g/mol. The van der Waals surface area contributed by atoms with Crippen LogP contribution in [-0.2, 0) is 4.74 Å². The molecule has 0 N–H and O–H groups in total. The minimum Gasteiger partial charge on any atom is -0.466 e. The highest BCUT2D eigenvalue weighted by molar-refractivity contribution is 9.10. The third-order valence-corrected chi connectivity index (χ3v) is 3.10. The first kappa shape index (κ1) is 13.1. The van der Waals surface area contributed by atoms with Gasteiger partial charge in [-0.05, 0) is 39.7 Å². The molecule has 0 aliphatic carbocycles. The fourth-order valence-corrected chi connectivity index (χ4v) is 1.96. The molecule has 0 fully saturated rings. The Morgan fingerprint density at radius 2 is 1.94 bits per heavy atom. The van der Waals surface area contributed by atoms with E-state index in [1.807, 2.05) is 12.1 Å². The highest BCUT2D eigenvalue weighted by Crippen LogP contribution is 2.31. The third kappa shape index (κ3) is 2.89. The highest BCUT2D eigenvalue weighted by Gasteiger charge is 2.08. The Morgan fingerprint density at radius 3 is 2.67 bits per heavy atom. The zero-order valence-corrected chi connectivity index (χ0v) is 11.4. The van der Waals surface area contributed by atoms with Gasteiger partial charge < -0.3 is 9.47 Å². The fraction of sp³-hybridized carbons (Fsp3) is 0.143. The summed E-state index contributed by atoms with van der Waals surface area (Å²) in [5.74, 6) is 0.370. The molecule has 2 nitrogen and oxygen atoms in total. The summed E-state index contributed by atoms with van der Waals surface area (Å²) in [5, 5.41) is 0. The van der Waals surface area contributed by atoms with Crippen molar-refractivity contribution in [1.29, 1.82) is 0 Å². The van der Waals surface area contributed by atoms with Gasteiger partial charge in [-0.1, -0.05) is 24.3 Å². The topological polar surface area (TPSA) is 18.5 Å². The number of methoxy groups -OCH3 is 1. The van der Waals surface area contributed by atoms with E-state index >= 15 is 0 Å². The number of ether oxygens (including phenoxy) is 2. The number of hydrogen-bond acceptors (Lipinski definition) is 2. The van der Waals surface area contributed by atoms with E-state index in [9.17, 15) is 4.39 Å². The largest absolute Gasteiger partial charge is 0.466 e. The summed E-state index contributed by atoms with van der Waals surface area (Å²) in [6.07, 6.45) is 0. The summed E-state index contributed by atoms with van der Waals surface area (Å²) in [4.78, 5) is 0. The SMILES string of the molecule is COCOc1cc(-c2ccccc2F)ccc1Br. The molecule has 0 unspecified atom stereocenters. The minimum absolute atomic E-state index is 0.152. The molecule has 18 heavy (non-hydrogen) atoms. The molecule has 0 heterocycles.